The summed E-state index contributed by atoms with van der Waals surface area (Å²) in [6.07, 6.45) is 4.14. The highest BCUT2D eigenvalue weighted by atomic mass is 35.5. The summed E-state index contributed by atoms with van der Waals surface area (Å²) in [5, 5.41) is 3.28. The number of rotatable bonds is 1. The first kappa shape index (κ1) is 8.25. The van der Waals surface area contributed by atoms with Crippen LogP contribution in [0.25, 0.3) is 0 Å². The van der Waals surface area contributed by atoms with Crippen molar-refractivity contribution in [2.75, 3.05) is 7.05 Å². The molecule has 1 aliphatic rings. The summed E-state index contributed by atoms with van der Waals surface area (Å²) in [4.78, 5) is 0. The molecule has 1 rings (SSSR count). The van der Waals surface area contributed by atoms with Gasteiger partial charge in [-0.3, -0.25) is 0 Å². The molecular formula is C6H14ClN. The maximum absolute atomic E-state index is 3.28. The maximum atomic E-state index is 3.28. The Morgan fingerprint density at radius 2 is 1.88 bits per heavy atom. The standard InChI is InChI=1S/C6H13N.ClH/c1-6(7-2)4-3-5-6;/h7H,3-5H2,1-2H3;1H. The molecule has 0 unspecified atom stereocenters. The molecule has 0 aromatic rings. The highest BCUT2D eigenvalue weighted by Gasteiger charge is 2.28. The van der Waals surface area contributed by atoms with Gasteiger partial charge in [-0.1, -0.05) is 0 Å². The predicted octanol–water partition coefficient (Wildman–Crippen LogP) is 1.57. The lowest BCUT2D eigenvalue weighted by Gasteiger charge is -2.37. The van der Waals surface area contributed by atoms with E-state index < -0.39 is 0 Å². The number of hydrogen-bond donors (Lipinski definition) is 1. The van der Waals surface area contributed by atoms with E-state index in [-0.39, 0.29) is 12.4 Å². The van der Waals surface area contributed by atoms with Crippen LogP contribution >= 0.6 is 12.4 Å². The Morgan fingerprint density at radius 1 is 1.38 bits per heavy atom. The van der Waals surface area contributed by atoms with E-state index in [1.165, 1.54) is 19.3 Å². The number of nitrogens with one attached hydrogen (secondary N) is 1. The first-order valence-electron chi connectivity index (χ1n) is 2.96. The van der Waals surface area contributed by atoms with Crippen LogP contribution in [0, 0.1) is 0 Å². The molecule has 1 saturated carbocycles. The highest BCUT2D eigenvalue weighted by Crippen LogP contribution is 2.29. The normalized spacial score (nSPS) is 23.2. The Kier molecular flexibility index (Phi) is 2.78. The largest absolute Gasteiger partial charge is 0.315 e. The van der Waals surface area contributed by atoms with Crippen LogP contribution in [-0.4, -0.2) is 12.6 Å². The van der Waals surface area contributed by atoms with Crippen LogP contribution in [0.4, 0.5) is 0 Å². The zero-order valence-electron chi connectivity index (χ0n) is 5.53. The SMILES string of the molecule is CNC1(C)CCC1.Cl. The van der Waals surface area contributed by atoms with Crippen LogP contribution in [0.1, 0.15) is 26.2 Å². The second-order valence-electron chi connectivity index (χ2n) is 2.66. The van der Waals surface area contributed by atoms with Gasteiger partial charge in [-0.2, -0.15) is 0 Å². The van der Waals surface area contributed by atoms with Gasteiger partial charge < -0.3 is 5.32 Å². The Bertz CT molecular complexity index is 63.4. The van der Waals surface area contributed by atoms with Gasteiger partial charge in [-0.25, -0.2) is 0 Å². The second kappa shape index (κ2) is 2.70. The van der Waals surface area contributed by atoms with Crippen LogP contribution in [0.3, 0.4) is 0 Å². The Balaban J connectivity index is 0.000000490. The minimum absolute atomic E-state index is 0. The van der Waals surface area contributed by atoms with Gasteiger partial charge in [0.1, 0.15) is 0 Å². The highest BCUT2D eigenvalue weighted by molar-refractivity contribution is 5.85. The second-order valence-corrected chi connectivity index (χ2v) is 2.66. The third-order valence-corrected chi connectivity index (χ3v) is 2.06. The Morgan fingerprint density at radius 3 is 1.88 bits per heavy atom. The van der Waals surface area contributed by atoms with Gasteiger partial charge in [0, 0.05) is 5.54 Å². The zero-order chi connectivity index (χ0) is 5.33. The van der Waals surface area contributed by atoms with Gasteiger partial charge in [0.15, 0.2) is 0 Å². The number of halogens is 1. The molecular weight excluding hydrogens is 122 g/mol. The molecule has 0 radical (unpaired) electrons. The molecule has 0 aliphatic heterocycles. The maximum Gasteiger partial charge on any atom is 0.0150 e. The van der Waals surface area contributed by atoms with E-state index >= 15 is 0 Å². The van der Waals surface area contributed by atoms with E-state index in [0.29, 0.717) is 5.54 Å². The molecule has 2 heteroatoms. The third kappa shape index (κ3) is 1.36. The molecule has 1 fully saturated rings. The van der Waals surface area contributed by atoms with E-state index in [1.54, 1.807) is 0 Å². The van der Waals surface area contributed by atoms with Gasteiger partial charge >= 0.3 is 0 Å². The Labute approximate surface area is 57.3 Å². The van der Waals surface area contributed by atoms with E-state index in [1.807, 2.05) is 7.05 Å². The van der Waals surface area contributed by atoms with Crippen molar-refractivity contribution in [3.8, 4) is 0 Å². The van der Waals surface area contributed by atoms with E-state index in [9.17, 15) is 0 Å². The van der Waals surface area contributed by atoms with Gasteiger partial charge in [0.25, 0.3) is 0 Å². The first-order valence-corrected chi connectivity index (χ1v) is 2.96. The summed E-state index contributed by atoms with van der Waals surface area (Å²) in [6, 6.07) is 0. The van der Waals surface area contributed by atoms with Gasteiger partial charge in [0.05, 0.1) is 0 Å². The quantitative estimate of drug-likeness (QED) is 0.576. The van der Waals surface area contributed by atoms with Crippen LogP contribution in [0.15, 0.2) is 0 Å². The lowest BCUT2D eigenvalue weighted by atomic mass is 9.79. The summed E-state index contributed by atoms with van der Waals surface area (Å²) < 4.78 is 0. The van der Waals surface area contributed by atoms with Crippen molar-refractivity contribution in [3.63, 3.8) is 0 Å². The fraction of sp³-hybridized carbons (Fsp3) is 1.00. The van der Waals surface area contributed by atoms with Crippen molar-refractivity contribution in [1.82, 2.24) is 5.32 Å². The molecule has 1 nitrogen and oxygen atoms in total. The van der Waals surface area contributed by atoms with Crippen molar-refractivity contribution >= 4 is 12.4 Å². The topological polar surface area (TPSA) is 12.0 Å². The lowest BCUT2D eigenvalue weighted by Crippen LogP contribution is -2.45. The van der Waals surface area contributed by atoms with E-state index in [2.05, 4.69) is 12.2 Å². The molecule has 1 N–H and O–H groups in total. The van der Waals surface area contributed by atoms with Gasteiger partial charge in [0.2, 0.25) is 0 Å². The zero-order valence-corrected chi connectivity index (χ0v) is 6.35. The summed E-state index contributed by atoms with van der Waals surface area (Å²) in [6.45, 7) is 2.27. The van der Waals surface area contributed by atoms with Gasteiger partial charge in [-0.05, 0) is 33.2 Å². The average molecular weight is 136 g/mol. The van der Waals surface area contributed by atoms with Crippen molar-refractivity contribution in [2.24, 2.45) is 0 Å². The molecule has 0 aromatic carbocycles. The van der Waals surface area contributed by atoms with Crippen LogP contribution in [0.2, 0.25) is 0 Å². The molecule has 0 atom stereocenters. The minimum Gasteiger partial charge on any atom is -0.315 e. The van der Waals surface area contributed by atoms with Crippen LogP contribution in [0.5, 0.6) is 0 Å². The predicted molar refractivity (Wildman–Crippen MR) is 38.6 cm³/mol. The smallest absolute Gasteiger partial charge is 0.0150 e. The Hall–Kier alpha value is 0.250. The fourth-order valence-electron chi connectivity index (χ4n) is 0.957. The molecule has 1 aliphatic carbocycles. The first-order chi connectivity index (χ1) is 3.27. The summed E-state index contributed by atoms with van der Waals surface area (Å²) in [5.41, 5.74) is 0.514. The molecule has 8 heavy (non-hydrogen) atoms. The van der Waals surface area contributed by atoms with Crippen LogP contribution in [-0.2, 0) is 0 Å². The molecule has 0 bridgehead atoms. The van der Waals surface area contributed by atoms with Crippen molar-refractivity contribution in [2.45, 2.75) is 31.7 Å². The number of hydrogen-bond acceptors (Lipinski definition) is 1. The van der Waals surface area contributed by atoms with Crippen LogP contribution < -0.4 is 5.32 Å². The molecule has 0 amide bonds. The monoisotopic (exact) mass is 135 g/mol. The van der Waals surface area contributed by atoms with Crippen molar-refractivity contribution < 1.29 is 0 Å². The summed E-state index contributed by atoms with van der Waals surface area (Å²) >= 11 is 0. The summed E-state index contributed by atoms with van der Waals surface area (Å²) in [5.74, 6) is 0. The average Bonchev–Trinajstić information content (AvgIpc) is 1.61. The molecule has 0 spiro atoms. The molecule has 0 heterocycles. The molecule has 0 saturated heterocycles. The van der Waals surface area contributed by atoms with Gasteiger partial charge in [-0.15, -0.1) is 12.4 Å². The van der Waals surface area contributed by atoms with E-state index in [0.717, 1.165) is 0 Å². The molecule has 0 aromatic heterocycles. The van der Waals surface area contributed by atoms with E-state index in [4.69, 9.17) is 0 Å². The van der Waals surface area contributed by atoms with Crippen molar-refractivity contribution in [3.05, 3.63) is 0 Å². The lowest BCUT2D eigenvalue weighted by molar-refractivity contribution is 0.225. The third-order valence-electron chi connectivity index (χ3n) is 2.06. The molecule has 50 valence electrons. The van der Waals surface area contributed by atoms with Crippen molar-refractivity contribution in [1.29, 1.82) is 0 Å². The minimum atomic E-state index is 0. The fourth-order valence-corrected chi connectivity index (χ4v) is 0.957. The summed E-state index contributed by atoms with van der Waals surface area (Å²) in [7, 11) is 2.04.